The van der Waals surface area contributed by atoms with Crippen LogP contribution in [0.2, 0.25) is 0 Å². The van der Waals surface area contributed by atoms with Crippen molar-refractivity contribution in [2.75, 3.05) is 0 Å². The first-order chi connectivity index (χ1) is 9.79. The third-order valence-electron chi connectivity index (χ3n) is 3.75. The second kappa shape index (κ2) is 7.86. The van der Waals surface area contributed by atoms with Gasteiger partial charge in [0.15, 0.2) is 0 Å². The number of hydrogen-bond donors (Lipinski definition) is 1. The van der Waals surface area contributed by atoms with Crippen LogP contribution < -0.4 is 5.32 Å². The van der Waals surface area contributed by atoms with E-state index in [2.05, 4.69) is 73.8 Å². The lowest BCUT2D eigenvalue weighted by Crippen LogP contribution is -2.17. The lowest BCUT2D eigenvalue weighted by molar-refractivity contribution is 0.574. The number of rotatable bonds is 7. The van der Waals surface area contributed by atoms with Crippen molar-refractivity contribution in [2.24, 2.45) is 0 Å². The Bertz CT molecular complexity index is 487. The summed E-state index contributed by atoms with van der Waals surface area (Å²) in [5.41, 5.74) is 4.14. The average Bonchev–Trinajstić information content (AvgIpc) is 2.52. The molecular weight excluding hydrogens is 242 g/mol. The second-order valence-corrected chi connectivity index (χ2v) is 5.43. The predicted octanol–water partition coefficient (Wildman–Crippen LogP) is 4.88. The molecule has 0 saturated heterocycles. The highest BCUT2D eigenvalue weighted by atomic mass is 14.9. The second-order valence-electron chi connectivity index (χ2n) is 5.43. The fraction of sp³-hybridized carbons (Fsp3) is 0.368. The SMILES string of the molecule is CCCCc1ccc(C(C)NCc2ccccc2)cc1. The highest BCUT2D eigenvalue weighted by molar-refractivity contribution is 5.25. The zero-order valence-electron chi connectivity index (χ0n) is 12.6. The molecule has 0 aliphatic rings. The molecule has 2 aromatic carbocycles. The molecule has 0 aromatic heterocycles. The zero-order chi connectivity index (χ0) is 14.2. The Morgan fingerprint density at radius 1 is 0.900 bits per heavy atom. The highest BCUT2D eigenvalue weighted by Crippen LogP contribution is 2.15. The van der Waals surface area contributed by atoms with Crippen molar-refractivity contribution in [2.45, 2.75) is 45.7 Å². The van der Waals surface area contributed by atoms with Crippen LogP contribution in [-0.2, 0) is 13.0 Å². The van der Waals surface area contributed by atoms with Gasteiger partial charge in [-0.2, -0.15) is 0 Å². The Labute approximate surface area is 123 Å². The maximum atomic E-state index is 3.58. The van der Waals surface area contributed by atoms with Crippen LogP contribution in [0.25, 0.3) is 0 Å². The molecule has 0 amide bonds. The summed E-state index contributed by atoms with van der Waals surface area (Å²) in [7, 11) is 0. The van der Waals surface area contributed by atoms with Gasteiger partial charge in [-0.1, -0.05) is 67.9 Å². The normalized spacial score (nSPS) is 12.3. The molecule has 0 fully saturated rings. The molecule has 0 heterocycles. The third kappa shape index (κ3) is 4.50. The molecule has 1 nitrogen and oxygen atoms in total. The summed E-state index contributed by atoms with van der Waals surface area (Å²) in [6, 6.07) is 20.0. The molecule has 1 unspecified atom stereocenters. The van der Waals surface area contributed by atoms with E-state index in [9.17, 15) is 0 Å². The minimum absolute atomic E-state index is 0.385. The summed E-state index contributed by atoms with van der Waals surface area (Å²) in [4.78, 5) is 0. The summed E-state index contributed by atoms with van der Waals surface area (Å²) in [6.45, 7) is 5.38. The van der Waals surface area contributed by atoms with E-state index in [0.29, 0.717) is 6.04 Å². The first-order valence-corrected chi connectivity index (χ1v) is 7.65. The van der Waals surface area contributed by atoms with E-state index in [1.54, 1.807) is 0 Å². The van der Waals surface area contributed by atoms with Gasteiger partial charge in [-0.05, 0) is 36.5 Å². The largest absolute Gasteiger partial charge is 0.306 e. The predicted molar refractivity (Wildman–Crippen MR) is 86.8 cm³/mol. The monoisotopic (exact) mass is 267 g/mol. The summed E-state index contributed by atoms with van der Waals surface area (Å²) in [5.74, 6) is 0. The van der Waals surface area contributed by atoms with E-state index in [1.165, 1.54) is 36.0 Å². The molecule has 20 heavy (non-hydrogen) atoms. The zero-order valence-corrected chi connectivity index (χ0v) is 12.6. The molecule has 0 aliphatic carbocycles. The van der Waals surface area contributed by atoms with Crippen molar-refractivity contribution >= 4 is 0 Å². The van der Waals surface area contributed by atoms with Crippen LogP contribution >= 0.6 is 0 Å². The first-order valence-electron chi connectivity index (χ1n) is 7.65. The molecular formula is C19H25N. The number of nitrogens with one attached hydrogen (secondary N) is 1. The maximum Gasteiger partial charge on any atom is 0.0294 e. The van der Waals surface area contributed by atoms with Gasteiger partial charge in [0.2, 0.25) is 0 Å². The molecule has 0 saturated carbocycles. The van der Waals surface area contributed by atoms with Gasteiger partial charge in [0, 0.05) is 12.6 Å². The molecule has 1 N–H and O–H groups in total. The van der Waals surface area contributed by atoms with Crippen molar-refractivity contribution in [3.8, 4) is 0 Å². The molecule has 0 spiro atoms. The van der Waals surface area contributed by atoms with E-state index in [0.717, 1.165) is 6.54 Å². The Morgan fingerprint density at radius 3 is 2.25 bits per heavy atom. The number of aryl methyl sites for hydroxylation is 1. The minimum Gasteiger partial charge on any atom is -0.306 e. The van der Waals surface area contributed by atoms with Gasteiger partial charge >= 0.3 is 0 Å². The van der Waals surface area contributed by atoms with Gasteiger partial charge in [-0.15, -0.1) is 0 Å². The van der Waals surface area contributed by atoms with Crippen LogP contribution in [0.5, 0.6) is 0 Å². The average molecular weight is 267 g/mol. The van der Waals surface area contributed by atoms with Crippen LogP contribution in [-0.4, -0.2) is 0 Å². The molecule has 2 aromatic rings. The maximum absolute atomic E-state index is 3.58. The van der Waals surface area contributed by atoms with Crippen LogP contribution in [0.15, 0.2) is 54.6 Å². The summed E-state index contributed by atoms with van der Waals surface area (Å²) < 4.78 is 0. The fourth-order valence-corrected chi connectivity index (χ4v) is 2.34. The van der Waals surface area contributed by atoms with E-state index in [-0.39, 0.29) is 0 Å². The van der Waals surface area contributed by atoms with Crippen LogP contribution in [0, 0.1) is 0 Å². The van der Waals surface area contributed by atoms with Gasteiger partial charge in [0.05, 0.1) is 0 Å². The smallest absolute Gasteiger partial charge is 0.0294 e. The molecule has 1 heteroatoms. The lowest BCUT2D eigenvalue weighted by atomic mass is 10.0. The van der Waals surface area contributed by atoms with Crippen LogP contribution in [0.3, 0.4) is 0 Å². The van der Waals surface area contributed by atoms with Crippen molar-refractivity contribution in [1.29, 1.82) is 0 Å². The van der Waals surface area contributed by atoms with Crippen molar-refractivity contribution in [1.82, 2.24) is 5.32 Å². The number of benzene rings is 2. The highest BCUT2D eigenvalue weighted by Gasteiger charge is 2.04. The van der Waals surface area contributed by atoms with Crippen molar-refractivity contribution < 1.29 is 0 Å². The number of hydrogen-bond acceptors (Lipinski definition) is 1. The van der Waals surface area contributed by atoms with Gasteiger partial charge in [0.1, 0.15) is 0 Å². The summed E-state index contributed by atoms with van der Waals surface area (Å²) >= 11 is 0. The van der Waals surface area contributed by atoms with Crippen LogP contribution in [0.1, 0.15) is 49.4 Å². The van der Waals surface area contributed by atoms with Gasteiger partial charge in [0.25, 0.3) is 0 Å². The Kier molecular flexibility index (Phi) is 5.82. The van der Waals surface area contributed by atoms with Crippen molar-refractivity contribution in [3.63, 3.8) is 0 Å². The standard InChI is InChI=1S/C19H25N/c1-3-4-8-17-11-13-19(14-12-17)16(2)20-15-18-9-6-5-7-10-18/h5-7,9-14,16,20H,3-4,8,15H2,1-2H3. The number of unbranched alkanes of at least 4 members (excludes halogenated alkanes) is 1. The fourth-order valence-electron chi connectivity index (χ4n) is 2.34. The molecule has 0 bridgehead atoms. The van der Waals surface area contributed by atoms with Gasteiger partial charge in [-0.25, -0.2) is 0 Å². The van der Waals surface area contributed by atoms with E-state index >= 15 is 0 Å². The van der Waals surface area contributed by atoms with E-state index in [4.69, 9.17) is 0 Å². The molecule has 0 aliphatic heterocycles. The summed E-state index contributed by atoms with van der Waals surface area (Å²) in [6.07, 6.45) is 3.74. The topological polar surface area (TPSA) is 12.0 Å². The van der Waals surface area contributed by atoms with Crippen molar-refractivity contribution in [3.05, 3.63) is 71.3 Å². The third-order valence-corrected chi connectivity index (χ3v) is 3.75. The van der Waals surface area contributed by atoms with E-state index in [1.807, 2.05) is 0 Å². The minimum atomic E-state index is 0.385. The Balaban J connectivity index is 1.87. The lowest BCUT2D eigenvalue weighted by Gasteiger charge is -2.15. The quantitative estimate of drug-likeness (QED) is 0.754. The first kappa shape index (κ1) is 14.8. The van der Waals surface area contributed by atoms with Gasteiger partial charge in [-0.3, -0.25) is 0 Å². The van der Waals surface area contributed by atoms with E-state index < -0.39 is 0 Å². The molecule has 0 radical (unpaired) electrons. The van der Waals surface area contributed by atoms with Gasteiger partial charge < -0.3 is 5.32 Å². The Morgan fingerprint density at radius 2 is 1.60 bits per heavy atom. The van der Waals surface area contributed by atoms with Crippen LogP contribution in [0.4, 0.5) is 0 Å². The Hall–Kier alpha value is -1.60. The molecule has 106 valence electrons. The molecule has 1 atom stereocenters. The molecule has 2 rings (SSSR count). The summed E-state index contributed by atoms with van der Waals surface area (Å²) in [5, 5.41) is 3.58.